The predicted octanol–water partition coefficient (Wildman–Crippen LogP) is 2.19. The maximum Gasteiger partial charge on any atom is 0.251 e. The summed E-state index contributed by atoms with van der Waals surface area (Å²) in [7, 11) is 0. The van der Waals surface area contributed by atoms with Crippen molar-refractivity contribution in [2.24, 2.45) is 0 Å². The number of aromatic nitrogens is 2. The molecule has 19 heavy (non-hydrogen) atoms. The molecule has 1 saturated carbocycles. The van der Waals surface area contributed by atoms with Crippen LogP contribution in [0.15, 0.2) is 42.7 Å². The third-order valence-electron chi connectivity index (χ3n) is 3.36. The van der Waals surface area contributed by atoms with Crippen LogP contribution in [0.2, 0.25) is 0 Å². The molecule has 1 amide bonds. The Labute approximate surface area is 112 Å². The molecule has 0 radical (unpaired) electrons. The molecule has 98 valence electrons. The molecule has 0 atom stereocenters. The molecule has 3 rings (SSSR count). The molecule has 2 aromatic rings. The number of carbonyl (C=O) groups excluding carboxylic acids is 1. The molecule has 1 aromatic heterocycles. The lowest BCUT2D eigenvalue weighted by molar-refractivity contribution is 0.0952. The summed E-state index contributed by atoms with van der Waals surface area (Å²) < 4.78 is 2.14. The van der Waals surface area contributed by atoms with Crippen molar-refractivity contribution in [3.8, 4) is 0 Å². The molecular weight excluding hydrogens is 238 g/mol. The molecule has 0 spiro atoms. The number of benzene rings is 1. The number of amides is 1. The molecule has 1 heterocycles. The number of hydrogen-bond acceptors (Lipinski definition) is 2. The molecule has 0 aliphatic heterocycles. The van der Waals surface area contributed by atoms with Crippen LogP contribution < -0.4 is 5.32 Å². The average Bonchev–Trinajstić information content (AvgIpc) is 3.19. The van der Waals surface area contributed by atoms with E-state index in [0.717, 1.165) is 12.4 Å². The summed E-state index contributed by atoms with van der Waals surface area (Å²) in [5, 5.41) is 2.94. The smallest absolute Gasteiger partial charge is 0.251 e. The SMILES string of the molecule is O=C(NCCn1ccnc1C1CC1)c1ccccc1. The Kier molecular flexibility index (Phi) is 3.31. The summed E-state index contributed by atoms with van der Waals surface area (Å²) in [6, 6.07) is 9.29. The number of rotatable bonds is 5. The standard InChI is InChI=1S/C15H17N3O/c19-15(13-4-2-1-3-5-13)17-9-11-18-10-8-16-14(18)12-6-7-12/h1-5,8,10,12H,6-7,9,11H2,(H,17,19). The Morgan fingerprint density at radius 3 is 2.84 bits per heavy atom. The highest BCUT2D eigenvalue weighted by molar-refractivity contribution is 5.94. The van der Waals surface area contributed by atoms with Crippen molar-refractivity contribution in [2.75, 3.05) is 6.54 Å². The normalized spacial score (nSPS) is 14.3. The Morgan fingerprint density at radius 2 is 2.11 bits per heavy atom. The van der Waals surface area contributed by atoms with E-state index in [1.807, 2.05) is 42.7 Å². The summed E-state index contributed by atoms with van der Waals surface area (Å²) in [4.78, 5) is 16.3. The van der Waals surface area contributed by atoms with Gasteiger partial charge < -0.3 is 9.88 Å². The highest BCUT2D eigenvalue weighted by Gasteiger charge is 2.27. The van der Waals surface area contributed by atoms with E-state index >= 15 is 0 Å². The summed E-state index contributed by atoms with van der Waals surface area (Å²) in [5.74, 6) is 1.78. The topological polar surface area (TPSA) is 46.9 Å². The Bertz CT molecular complexity index is 558. The number of hydrogen-bond donors (Lipinski definition) is 1. The average molecular weight is 255 g/mol. The van der Waals surface area contributed by atoms with Gasteiger partial charge >= 0.3 is 0 Å². The quantitative estimate of drug-likeness (QED) is 0.890. The minimum Gasteiger partial charge on any atom is -0.350 e. The second kappa shape index (κ2) is 5.26. The van der Waals surface area contributed by atoms with Crippen molar-refractivity contribution >= 4 is 5.91 Å². The van der Waals surface area contributed by atoms with E-state index in [1.165, 1.54) is 12.8 Å². The van der Waals surface area contributed by atoms with Crippen LogP contribution in [0.3, 0.4) is 0 Å². The lowest BCUT2D eigenvalue weighted by Gasteiger charge is -2.08. The maximum atomic E-state index is 11.9. The third kappa shape index (κ3) is 2.84. The van der Waals surface area contributed by atoms with Crippen LogP contribution in [0.25, 0.3) is 0 Å². The van der Waals surface area contributed by atoms with E-state index in [4.69, 9.17) is 0 Å². The molecule has 1 fully saturated rings. The van der Waals surface area contributed by atoms with Gasteiger partial charge in [0.25, 0.3) is 5.91 Å². The molecule has 4 heteroatoms. The first-order valence-electron chi connectivity index (χ1n) is 6.69. The second-order valence-corrected chi connectivity index (χ2v) is 4.88. The summed E-state index contributed by atoms with van der Waals surface area (Å²) in [5.41, 5.74) is 0.704. The van der Waals surface area contributed by atoms with Crippen molar-refractivity contribution < 1.29 is 4.79 Å². The minimum atomic E-state index is -0.0197. The largest absolute Gasteiger partial charge is 0.350 e. The fourth-order valence-electron chi connectivity index (χ4n) is 2.19. The van der Waals surface area contributed by atoms with Crippen molar-refractivity contribution in [1.82, 2.24) is 14.9 Å². The van der Waals surface area contributed by atoms with Crippen molar-refractivity contribution in [1.29, 1.82) is 0 Å². The first-order valence-corrected chi connectivity index (χ1v) is 6.69. The molecule has 0 bridgehead atoms. The lowest BCUT2D eigenvalue weighted by atomic mass is 10.2. The molecule has 1 aliphatic carbocycles. The lowest BCUT2D eigenvalue weighted by Crippen LogP contribution is -2.27. The van der Waals surface area contributed by atoms with E-state index in [9.17, 15) is 4.79 Å². The second-order valence-electron chi connectivity index (χ2n) is 4.88. The molecule has 1 aromatic carbocycles. The highest BCUT2D eigenvalue weighted by Crippen LogP contribution is 2.38. The predicted molar refractivity (Wildman–Crippen MR) is 73.0 cm³/mol. The van der Waals surface area contributed by atoms with Crippen LogP contribution in [0.5, 0.6) is 0 Å². The van der Waals surface area contributed by atoms with Gasteiger partial charge in [-0.2, -0.15) is 0 Å². The number of carbonyl (C=O) groups is 1. The summed E-state index contributed by atoms with van der Waals surface area (Å²) in [6.07, 6.45) is 6.32. The van der Waals surface area contributed by atoms with E-state index in [-0.39, 0.29) is 5.91 Å². The van der Waals surface area contributed by atoms with Gasteiger partial charge in [-0.25, -0.2) is 4.98 Å². The fraction of sp³-hybridized carbons (Fsp3) is 0.333. The van der Waals surface area contributed by atoms with E-state index in [2.05, 4.69) is 14.9 Å². The molecule has 1 N–H and O–H groups in total. The zero-order valence-corrected chi connectivity index (χ0v) is 10.7. The number of nitrogens with one attached hydrogen (secondary N) is 1. The zero-order valence-electron chi connectivity index (χ0n) is 10.7. The van der Waals surface area contributed by atoms with Gasteiger partial charge in [-0.1, -0.05) is 18.2 Å². The molecule has 1 aliphatic rings. The van der Waals surface area contributed by atoms with Gasteiger partial charge in [-0.05, 0) is 25.0 Å². The van der Waals surface area contributed by atoms with Crippen LogP contribution >= 0.6 is 0 Å². The first kappa shape index (κ1) is 12.0. The van der Waals surface area contributed by atoms with Gasteiger partial charge in [-0.15, -0.1) is 0 Å². The van der Waals surface area contributed by atoms with E-state index in [1.54, 1.807) is 0 Å². The fourth-order valence-corrected chi connectivity index (χ4v) is 2.19. The van der Waals surface area contributed by atoms with Crippen molar-refractivity contribution in [2.45, 2.75) is 25.3 Å². The van der Waals surface area contributed by atoms with Gasteiger partial charge in [0, 0.05) is 37.0 Å². The first-order chi connectivity index (χ1) is 9.34. The maximum absolute atomic E-state index is 11.9. The Morgan fingerprint density at radius 1 is 1.32 bits per heavy atom. The van der Waals surface area contributed by atoms with E-state index in [0.29, 0.717) is 18.0 Å². The van der Waals surface area contributed by atoms with Gasteiger partial charge in [-0.3, -0.25) is 4.79 Å². The monoisotopic (exact) mass is 255 g/mol. The number of nitrogens with zero attached hydrogens (tertiary/aromatic N) is 2. The van der Waals surface area contributed by atoms with Crippen LogP contribution in [0.4, 0.5) is 0 Å². The molecule has 4 nitrogen and oxygen atoms in total. The summed E-state index contributed by atoms with van der Waals surface area (Å²) in [6.45, 7) is 1.41. The molecular formula is C15H17N3O. The van der Waals surface area contributed by atoms with Crippen molar-refractivity contribution in [3.63, 3.8) is 0 Å². The van der Waals surface area contributed by atoms with Crippen LogP contribution in [-0.2, 0) is 6.54 Å². The highest BCUT2D eigenvalue weighted by atomic mass is 16.1. The van der Waals surface area contributed by atoms with Gasteiger partial charge in [0.15, 0.2) is 0 Å². The van der Waals surface area contributed by atoms with Crippen molar-refractivity contribution in [3.05, 3.63) is 54.1 Å². The Balaban J connectivity index is 1.53. The van der Waals surface area contributed by atoms with Crippen LogP contribution in [-0.4, -0.2) is 22.0 Å². The minimum absolute atomic E-state index is 0.0197. The van der Waals surface area contributed by atoms with Gasteiger partial charge in [0.1, 0.15) is 5.82 Å². The molecule has 0 unspecified atom stereocenters. The Hall–Kier alpha value is -2.10. The molecule has 0 saturated heterocycles. The summed E-state index contributed by atoms with van der Waals surface area (Å²) >= 11 is 0. The van der Waals surface area contributed by atoms with E-state index < -0.39 is 0 Å². The van der Waals surface area contributed by atoms with Gasteiger partial charge in [0.05, 0.1) is 0 Å². The number of imidazole rings is 1. The van der Waals surface area contributed by atoms with Crippen LogP contribution in [0.1, 0.15) is 34.9 Å². The van der Waals surface area contributed by atoms with Gasteiger partial charge in [0.2, 0.25) is 0 Å². The third-order valence-corrected chi connectivity index (χ3v) is 3.36. The zero-order chi connectivity index (χ0) is 13.1. The van der Waals surface area contributed by atoms with Crippen LogP contribution in [0, 0.1) is 0 Å².